The molecule has 1 heterocycles. The Kier molecular flexibility index (Phi) is 4.30. The highest BCUT2D eigenvalue weighted by Gasteiger charge is 2.29. The van der Waals surface area contributed by atoms with Crippen LogP contribution in [-0.4, -0.2) is 18.6 Å². The first-order valence-corrected chi connectivity index (χ1v) is 8.36. The van der Waals surface area contributed by atoms with Gasteiger partial charge in [-0.05, 0) is 37.3 Å². The average molecular weight is 272 g/mol. The van der Waals surface area contributed by atoms with Gasteiger partial charge in [0.1, 0.15) is 0 Å². The second kappa shape index (κ2) is 6.17. The summed E-state index contributed by atoms with van der Waals surface area (Å²) in [4.78, 5) is 2.71. The Morgan fingerprint density at radius 3 is 2.95 bits per heavy atom. The number of anilines is 1. The molecular formula is C18H28N2. The van der Waals surface area contributed by atoms with Crippen LogP contribution in [0, 0.1) is 5.92 Å². The largest absolute Gasteiger partial charge is 0.367 e. The minimum absolute atomic E-state index is 0.574. The predicted octanol–water partition coefficient (Wildman–Crippen LogP) is 3.95. The van der Waals surface area contributed by atoms with Crippen molar-refractivity contribution in [1.82, 2.24) is 5.32 Å². The quantitative estimate of drug-likeness (QED) is 0.877. The van der Waals surface area contributed by atoms with Gasteiger partial charge in [-0.1, -0.05) is 44.4 Å². The van der Waals surface area contributed by atoms with E-state index in [1.807, 2.05) is 0 Å². The fraction of sp³-hybridized carbons (Fsp3) is 0.667. The third-order valence-corrected chi connectivity index (χ3v) is 5.19. The number of nitrogens with zero attached hydrogens (tertiary/aromatic N) is 1. The van der Waals surface area contributed by atoms with Crippen LogP contribution in [-0.2, 0) is 6.54 Å². The Morgan fingerprint density at radius 1 is 1.25 bits per heavy atom. The van der Waals surface area contributed by atoms with E-state index in [1.54, 1.807) is 0 Å². The van der Waals surface area contributed by atoms with Gasteiger partial charge in [0, 0.05) is 30.9 Å². The van der Waals surface area contributed by atoms with Crippen LogP contribution >= 0.6 is 0 Å². The third-order valence-electron chi connectivity index (χ3n) is 5.19. The van der Waals surface area contributed by atoms with Crippen LogP contribution in [0.3, 0.4) is 0 Å². The van der Waals surface area contributed by atoms with Gasteiger partial charge in [-0.25, -0.2) is 0 Å². The number of fused-ring (bicyclic) bond motifs is 1. The summed E-state index contributed by atoms with van der Waals surface area (Å²) < 4.78 is 0. The molecule has 1 aromatic rings. The van der Waals surface area contributed by atoms with Crippen molar-refractivity contribution in [1.29, 1.82) is 0 Å². The van der Waals surface area contributed by atoms with Crippen molar-refractivity contribution in [3.05, 3.63) is 29.8 Å². The summed E-state index contributed by atoms with van der Waals surface area (Å²) in [5, 5.41) is 3.65. The molecule has 3 atom stereocenters. The van der Waals surface area contributed by atoms with Gasteiger partial charge >= 0.3 is 0 Å². The van der Waals surface area contributed by atoms with Crippen LogP contribution in [0.4, 0.5) is 5.69 Å². The van der Waals surface area contributed by atoms with Crippen molar-refractivity contribution in [2.45, 2.75) is 64.6 Å². The second-order valence-electron chi connectivity index (χ2n) is 6.66. The molecule has 1 saturated carbocycles. The number of nitrogens with one attached hydrogen (secondary N) is 1. The van der Waals surface area contributed by atoms with Gasteiger partial charge in [-0.15, -0.1) is 0 Å². The highest BCUT2D eigenvalue weighted by molar-refractivity contribution is 5.55. The molecule has 0 amide bonds. The Balaban J connectivity index is 1.86. The van der Waals surface area contributed by atoms with Crippen LogP contribution in [0.25, 0.3) is 0 Å². The first kappa shape index (κ1) is 13.9. The molecular weight excluding hydrogens is 244 g/mol. The first-order valence-electron chi connectivity index (χ1n) is 8.36. The molecule has 1 aliphatic heterocycles. The zero-order chi connectivity index (χ0) is 13.9. The van der Waals surface area contributed by atoms with Crippen molar-refractivity contribution < 1.29 is 0 Å². The molecule has 1 fully saturated rings. The normalized spacial score (nSPS) is 30.7. The molecule has 2 nitrogen and oxygen atoms in total. The highest BCUT2D eigenvalue weighted by atomic mass is 15.2. The van der Waals surface area contributed by atoms with E-state index in [4.69, 9.17) is 0 Å². The smallest absolute Gasteiger partial charge is 0.0414 e. The van der Waals surface area contributed by atoms with Crippen LogP contribution in [0.1, 0.15) is 51.5 Å². The summed E-state index contributed by atoms with van der Waals surface area (Å²) in [6.07, 6.45) is 6.95. The number of hydrogen-bond donors (Lipinski definition) is 1. The van der Waals surface area contributed by atoms with E-state index in [0.29, 0.717) is 6.04 Å². The summed E-state index contributed by atoms with van der Waals surface area (Å²) in [7, 11) is 0. The van der Waals surface area contributed by atoms with Gasteiger partial charge in [-0.3, -0.25) is 0 Å². The van der Waals surface area contributed by atoms with Crippen molar-refractivity contribution in [3.8, 4) is 0 Å². The van der Waals surface area contributed by atoms with E-state index >= 15 is 0 Å². The summed E-state index contributed by atoms with van der Waals surface area (Å²) in [6, 6.07) is 10.3. The van der Waals surface area contributed by atoms with Gasteiger partial charge in [0.15, 0.2) is 0 Å². The van der Waals surface area contributed by atoms with E-state index < -0.39 is 0 Å². The lowest BCUT2D eigenvalue weighted by Crippen LogP contribution is -2.44. The lowest BCUT2D eigenvalue weighted by molar-refractivity contribution is 0.300. The standard InChI is InChI=1S/C18H28N2/c1-3-15-7-6-9-17(11-15)20-13-14(2)19-12-16-8-4-5-10-18(16)20/h4-5,8,10,14-15,17,19H,3,6-7,9,11-13H2,1-2H3. The maximum atomic E-state index is 3.65. The van der Waals surface area contributed by atoms with Crippen LogP contribution in [0.5, 0.6) is 0 Å². The lowest BCUT2D eigenvalue weighted by Gasteiger charge is -2.39. The molecule has 0 saturated heterocycles. The zero-order valence-corrected chi connectivity index (χ0v) is 12.9. The summed E-state index contributed by atoms with van der Waals surface area (Å²) in [5.41, 5.74) is 2.95. The van der Waals surface area contributed by atoms with Gasteiger partial charge in [0.25, 0.3) is 0 Å². The molecule has 0 spiro atoms. The summed E-state index contributed by atoms with van der Waals surface area (Å²) in [6.45, 7) is 6.84. The molecule has 1 aromatic carbocycles. The SMILES string of the molecule is CCC1CCCC(N2CC(C)NCc3ccccc32)C1. The fourth-order valence-corrected chi connectivity index (χ4v) is 3.94. The Bertz CT molecular complexity index is 443. The molecule has 3 unspecified atom stereocenters. The first-order chi connectivity index (χ1) is 9.78. The third kappa shape index (κ3) is 2.85. The maximum absolute atomic E-state index is 3.65. The van der Waals surface area contributed by atoms with Gasteiger partial charge in [0.2, 0.25) is 0 Å². The Morgan fingerprint density at radius 2 is 2.10 bits per heavy atom. The minimum Gasteiger partial charge on any atom is -0.367 e. The molecule has 0 aromatic heterocycles. The minimum atomic E-state index is 0.574. The van der Waals surface area contributed by atoms with E-state index in [2.05, 4.69) is 48.3 Å². The van der Waals surface area contributed by atoms with Gasteiger partial charge in [-0.2, -0.15) is 0 Å². The number of para-hydroxylation sites is 1. The topological polar surface area (TPSA) is 15.3 Å². The number of benzene rings is 1. The monoisotopic (exact) mass is 272 g/mol. The van der Waals surface area contributed by atoms with Crippen LogP contribution in [0.15, 0.2) is 24.3 Å². The molecule has 2 heteroatoms. The molecule has 110 valence electrons. The van der Waals surface area contributed by atoms with Gasteiger partial charge < -0.3 is 10.2 Å². The molecule has 20 heavy (non-hydrogen) atoms. The summed E-state index contributed by atoms with van der Waals surface area (Å²) in [5.74, 6) is 0.937. The molecule has 3 rings (SSSR count). The maximum Gasteiger partial charge on any atom is 0.0414 e. The number of hydrogen-bond acceptors (Lipinski definition) is 2. The average Bonchev–Trinajstić information content (AvgIpc) is 2.67. The molecule has 0 radical (unpaired) electrons. The van der Waals surface area contributed by atoms with Crippen LogP contribution in [0.2, 0.25) is 0 Å². The van der Waals surface area contributed by atoms with Crippen molar-refractivity contribution in [2.24, 2.45) is 5.92 Å². The number of rotatable bonds is 2. The van der Waals surface area contributed by atoms with E-state index in [1.165, 1.54) is 43.4 Å². The fourth-order valence-electron chi connectivity index (χ4n) is 3.94. The molecule has 2 aliphatic rings. The second-order valence-corrected chi connectivity index (χ2v) is 6.66. The van der Waals surface area contributed by atoms with E-state index in [9.17, 15) is 0 Å². The Labute approximate surface area is 123 Å². The van der Waals surface area contributed by atoms with E-state index in [0.717, 1.165) is 25.0 Å². The van der Waals surface area contributed by atoms with Crippen LogP contribution < -0.4 is 10.2 Å². The molecule has 0 bridgehead atoms. The van der Waals surface area contributed by atoms with E-state index in [-0.39, 0.29) is 0 Å². The summed E-state index contributed by atoms with van der Waals surface area (Å²) >= 11 is 0. The zero-order valence-electron chi connectivity index (χ0n) is 12.9. The lowest BCUT2D eigenvalue weighted by atomic mass is 9.83. The van der Waals surface area contributed by atoms with Crippen molar-refractivity contribution in [2.75, 3.05) is 11.4 Å². The highest BCUT2D eigenvalue weighted by Crippen LogP contribution is 2.34. The van der Waals surface area contributed by atoms with Crippen molar-refractivity contribution in [3.63, 3.8) is 0 Å². The predicted molar refractivity (Wildman–Crippen MR) is 86.1 cm³/mol. The molecule has 1 N–H and O–H groups in total. The van der Waals surface area contributed by atoms with Crippen molar-refractivity contribution >= 4 is 5.69 Å². The van der Waals surface area contributed by atoms with Gasteiger partial charge in [0.05, 0.1) is 0 Å². The Hall–Kier alpha value is -1.02. The molecule has 1 aliphatic carbocycles.